The second kappa shape index (κ2) is 7.42. The van der Waals surface area contributed by atoms with Gasteiger partial charge in [0.25, 0.3) is 0 Å². The van der Waals surface area contributed by atoms with Crippen LogP contribution >= 0.6 is 11.3 Å². The van der Waals surface area contributed by atoms with E-state index in [1.807, 2.05) is 24.4 Å². The van der Waals surface area contributed by atoms with Gasteiger partial charge in [-0.1, -0.05) is 13.0 Å². The summed E-state index contributed by atoms with van der Waals surface area (Å²) in [5.41, 5.74) is 5.81. The maximum absolute atomic E-state index is 11.7. The molecule has 4 nitrogen and oxygen atoms in total. The van der Waals surface area contributed by atoms with E-state index in [2.05, 4.69) is 5.32 Å². The van der Waals surface area contributed by atoms with Crippen LogP contribution < -0.4 is 11.1 Å². The Morgan fingerprint density at radius 3 is 3.00 bits per heavy atom. The lowest BCUT2D eigenvalue weighted by Crippen LogP contribution is -2.34. The van der Waals surface area contributed by atoms with Crippen LogP contribution in [-0.4, -0.2) is 24.2 Å². The van der Waals surface area contributed by atoms with Crippen LogP contribution in [0, 0.1) is 5.92 Å². The van der Waals surface area contributed by atoms with Gasteiger partial charge in [0, 0.05) is 18.0 Å². The van der Waals surface area contributed by atoms with Gasteiger partial charge in [0.15, 0.2) is 0 Å². The van der Waals surface area contributed by atoms with Crippen molar-refractivity contribution in [2.75, 3.05) is 13.2 Å². The number of carbonyl (C=O) groups is 1. The fraction of sp³-hybridized carbons (Fsp3) is 0.583. The number of nitrogens with one attached hydrogen (secondary N) is 1. The summed E-state index contributed by atoms with van der Waals surface area (Å²) in [6, 6.07) is 3.18. The van der Waals surface area contributed by atoms with Crippen LogP contribution in [0.15, 0.2) is 17.5 Å². The molecular formula is C12H20N2O2S. The van der Waals surface area contributed by atoms with Gasteiger partial charge in [-0.2, -0.15) is 0 Å². The number of rotatable bonds is 7. The zero-order chi connectivity index (χ0) is 12.7. The molecule has 1 aromatic heterocycles. The maximum Gasteiger partial charge on any atom is 0.242 e. The third-order valence-corrected chi connectivity index (χ3v) is 3.57. The van der Waals surface area contributed by atoms with Crippen molar-refractivity contribution in [1.29, 1.82) is 0 Å². The first kappa shape index (κ1) is 14.2. The van der Waals surface area contributed by atoms with E-state index >= 15 is 0 Å². The highest BCUT2D eigenvalue weighted by Gasteiger charge is 2.15. The number of amides is 1. The summed E-state index contributed by atoms with van der Waals surface area (Å²) in [6.07, 6.45) is 1.77. The Morgan fingerprint density at radius 1 is 1.65 bits per heavy atom. The minimum Gasteiger partial charge on any atom is -0.396 e. The zero-order valence-electron chi connectivity index (χ0n) is 10.1. The lowest BCUT2D eigenvalue weighted by molar-refractivity contribution is -0.122. The fourth-order valence-corrected chi connectivity index (χ4v) is 2.19. The van der Waals surface area contributed by atoms with Crippen molar-refractivity contribution >= 4 is 17.2 Å². The van der Waals surface area contributed by atoms with Gasteiger partial charge in [-0.25, -0.2) is 0 Å². The maximum atomic E-state index is 11.7. The predicted molar refractivity (Wildman–Crippen MR) is 69.7 cm³/mol. The summed E-state index contributed by atoms with van der Waals surface area (Å²) in [6.45, 7) is 2.80. The van der Waals surface area contributed by atoms with Crippen molar-refractivity contribution in [3.8, 4) is 0 Å². The average molecular weight is 256 g/mol. The molecule has 5 heteroatoms. The van der Waals surface area contributed by atoms with E-state index in [9.17, 15) is 4.79 Å². The first-order valence-corrected chi connectivity index (χ1v) is 6.70. The normalized spacial score (nSPS) is 14.3. The summed E-state index contributed by atoms with van der Waals surface area (Å²) >= 11 is 1.49. The smallest absolute Gasteiger partial charge is 0.242 e. The molecule has 0 aliphatic heterocycles. The van der Waals surface area contributed by atoms with Gasteiger partial charge in [-0.15, -0.1) is 11.3 Å². The Bertz CT molecular complexity index is 327. The molecule has 17 heavy (non-hydrogen) atoms. The third-order valence-electron chi connectivity index (χ3n) is 2.62. The van der Waals surface area contributed by atoms with Crippen LogP contribution in [0.4, 0.5) is 0 Å². The molecule has 0 aromatic carbocycles. The topological polar surface area (TPSA) is 75.3 Å². The first-order chi connectivity index (χ1) is 8.15. The minimum absolute atomic E-state index is 0.135. The molecule has 0 bridgehead atoms. The Hall–Kier alpha value is -0.910. The molecular weight excluding hydrogens is 236 g/mol. The van der Waals surface area contributed by atoms with E-state index in [1.165, 1.54) is 11.3 Å². The second-order valence-electron chi connectivity index (χ2n) is 4.21. The quantitative estimate of drug-likeness (QED) is 0.643. The molecule has 1 aromatic rings. The molecule has 0 radical (unpaired) electrons. The van der Waals surface area contributed by atoms with E-state index in [4.69, 9.17) is 10.8 Å². The number of hydrogen-bond donors (Lipinski definition) is 3. The molecule has 0 saturated heterocycles. The van der Waals surface area contributed by atoms with Crippen LogP contribution in [0.5, 0.6) is 0 Å². The monoisotopic (exact) mass is 256 g/mol. The number of hydrogen-bond acceptors (Lipinski definition) is 4. The number of aliphatic hydroxyl groups is 1. The van der Waals surface area contributed by atoms with Gasteiger partial charge >= 0.3 is 0 Å². The zero-order valence-corrected chi connectivity index (χ0v) is 10.9. The minimum atomic E-state index is -0.565. The van der Waals surface area contributed by atoms with Crippen molar-refractivity contribution in [2.24, 2.45) is 11.7 Å². The van der Waals surface area contributed by atoms with Crippen LogP contribution in [0.1, 0.15) is 30.7 Å². The van der Waals surface area contributed by atoms with E-state index < -0.39 is 6.04 Å². The number of nitrogens with two attached hydrogens (primary N) is 1. The molecule has 0 saturated carbocycles. The Labute approximate surface area is 106 Å². The summed E-state index contributed by atoms with van der Waals surface area (Å²) < 4.78 is 0. The van der Waals surface area contributed by atoms with Gasteiger partial charge in [-0.3, -0.25) is 4.79 Å². The molecule has 4 N–H and O–H groups in total. The molecule has 2 unspecified atom stereocenters. The van der Waals surface area contributed by atoms with Crippen LogP contribution in [-0.2, 0) is 4.79 Å². The summed E-state index contributed by atoms with van der Waals surface area (Å²) in [4.78, 5) is 12.6. The van der Waals surface area contributed by atoms with E-state index in [0.29, 0.717) is 6.54 Å². The SMILES string of the molecule is CC(CO)CCCNC(=O)C(N)c1cccs1. The third kappa shape index (κ3) is 4.85. The second-order valence-corrected chi connectivity index (χ2v) is 5.19. The molecule has 0 spiro atoms. The van der Waals surface area contributed by atoms with Gasteiger partial charge < -0.3 is 16.2 Å². The molecule has 0 aliphatic rings. The van der Waals surface area contributed by atoms with Crippen LogP contribution in [0.3, 0.4) is 0 Å². The van der Waals surface area contributed by atoms with Crippen molar-refractivity contribution in [3.05, 3.63) is 22.4 Å². The van der Waals surface area contributed by atoms with E-state index in [0.717, 1.165) is 17.7 Å². The molecule has 1 heterocycles. The van der Waals surface area contributed by atoms with Gasteiger partial charge in [0.05, 0.1) is 0 Å². The lowest BCUT2D eigenvalue weighted by atomic mass is 10.1. The molecule has 0 fully saturated rings. The number of carbonyl (C=O) groups excluding carboxylic acids is 1. The highest BCUT2D eigenvalue weighted by Crippen LogP contribution is 2.16. The number of aliphatic hydroxyl groups excluding tert-OH is 1. The van der Waals surface area contributed by atoms with Crippen LogP contribution in [0.2, 0.25) is 0 Å². The van der Waals surface area contributed by atoms with E-state index in [1.54, 1.807) is 0 Å². The average Bonchev–Trinajstić information content (AvgIpc) is 2.86. The molecule has 0 aliphatic carbocycles. The lowest BCUT2D eigenvalue weighted by Gasteiger charge is -2.11. The highest BCUT2D eigenvalue weighted by atomic mass is 32.1. The Morgan fingerprint density at radius 2 is 2.41 bits per heavy atom. The first-order valence-electron chi connectivity index (χ1n) is 5.82. The Kier molecular flexibility index (Phi) is 6.18. The fourth-order valence-electron chi connectivity index (χ4n) is 1.46. The molecule has 2 atom stereocenters. The van der Waals surface area contributed by atoms with Gasteiger partial charge in [-0.05, 0) is 30.2 Å². The molecule has 96 valence electrons. The summed E-state index contributed by atoms with van der Waals surface area (Å²) in [5, 5.41) is 13.6. The van der Waals surface area contributed by atoms with Gasteiger partial charge in [0.1, 0.15) is 6.04 Å². The van der Waals surface area contributed by atoms with Crippen molar-refractivity contribution in [2.45, 2.75) is 25.8 Å². The van der Waals surface area contributed by atoms with E-state index in [-0.39, 0.29) is 18.4 Å². The predicted octanol–water partition coefficient (Wildman–Crippen LogP) is 1.27. The van der Waals surface area contributed by atoms with Crippen molar-refractivity contribution in [1.82, 2.24) is 5.32 Å². The Balaban J connectivity index is 2.21. The molecule has 1 amide bonds. The molecule has 1 rings (SSSR count). The highest BCUT2D eigenvalue weighted by molar-refractivity contribution is 7.10. The standard InChI is InChI=1S/C12H20N2O2S/c1-9(8-15)4-2-6-14-12(16)11(13)10-5-3-7-17-10/h3,5,7,9,11,15H,2,4,6,8,13H2,1H3,(H,14,16). The number of thiophene rings is 1. The summed E-state index contributed by atoms with van der Waals surface area (Å²) in [7, 11) is 0. The van der Waals surface area contributed by atoms with Crippen LogP contribution in [0.25, 0.3) is 0 Å². The van der Waals surface area contributed by atoms with Gasteiger partial charge in [0.2, 0.25) is 5.91 Å². The largest absolute Gasteiger partial charge is 0.396 e. The van der Waals surface area contributed by atoms with Crippen molar-refractivity contribution < 1.29 is 9.90 Å². The summed E-state index contributed by atoms with van der Waals surface area (Å²) in [5.74, 6) is 0.155. The van der Waals surface area contributed by atoms with Crippen molar-refractivity contribution in [3.63, 3.8) is 0 Å².